The van der Waals surface area contributed by atoms with E-state index in [2.05, 4.69) is 81.5 Å². The van der Waals surface area contributed by atoms with Gasteiger partial charge >= 0.3 is 17.9 Å². The zero-order valence-electron chi connectivity index (χ0n) is 46.5. The molecule has 70 heavy (non-hydrogen) atoms. The molecule has 0 aliphatic carbocycles. The van der Waals surface area contributed by atoms with Crippen LogP contribution in [-0.4, -0.2) is 37.2 Å². The Labute approximate surface area is 434 Å². The average molecular weight is 980 g/mol. The van der Waals surface area contributed by atoms with Crippen molar-refractivity contribution in [1.82, 2.24) is 0 Å². The summed E-state index contributed by atoms with van der Waals surface area (Å²) >= 11 is 0. The summed E-state index contributed by atoms with van der Waals surface area (Å²) in [4.78, 5) is 38.2. The molecule has 0 saturated carbocycles. The molecule has 0 heterocycles. The van der Waals surface area contributed by atoms with Crippen LogP contribution in [0.3, 0.4) is 0 Å². The third-order valence-corrected chi connectivity index (χ3v) is 13.3. The maximum atomic E-state index is 12.9. The average Bonchev–Trinajstić information content (AvgIpc) is 3.36. The lowest BCUT2D eigenvalue weighted by molar-refractivity contribution is -0.167. The maximum Gasteiger partial charge on any atom is 0.306 e. The van der Waals surface area contributed by atoms with Gasteiger partial charge in [0.15, 0.2) is 6.10 Å². The molecule has 0 aliphatic rings. The van der Waals surface area contributed by atoms with Crippen molar-refractivity contribution in [2.45, 2.75) is 316 Å². The summed E-state index contributed by atoms with van der Waals surface area (Å²) in [6.07, 6.45) is 73.6. The van der Waals surface area contributed by atoms with Crippen molar-refractivity contribution in [1.29, 1.82) is 0 Å². The van der Waals surface area contributed by atoms with E-state index in [0.29, 0.717) is 19.3 Å². The Balaban J connectivity index is 4.39. The second-order valence-electron chi connectivity index (χ2n) is 20.2. The summed E-state index contributed by atoms with van der Waals surface area (Å²) in [7, 11) is 0. The monoisotopic (exact) mass is 979 g/mol. The summed E-state index contributed by atoms with van der Waals surface area (Å²) < 4.78 is 16.9. The van der Waals surface area contributed by atoms with Crippen LogP contribution in [0, 0.1) is 0 Å². The molecule has 0 aromatic rings. The Hall–Kier alpha value is -2.89. The van der Waals surface area contributed by atoms with Crippen LogP contribution in [0.2, 0.25) is 0 Å². The first-order chi connectivity index (χ1) is 34.5. The Kier molecular flexibility index (Phi) is 56.3. The largest absolute Gasteiger partial charge is 0.462 e. The first-order valence-corrected chi connectivity index (χ1v) is 30.3. The lowest BCUT2D eigenvalue weighted by Gasteiger charge is -2.18. The van der Waals surface area contributed by atoms with E-state index < -0.39 is 6.10 Å². The Morgan fingerprint density at radius 2 is 0.557 bits per heavy atom. The highest BCUT2D eigenvalue weighted by Crippen LogP contribution is 2.17. The van der Waals surface area contributed by atoms with Gasteiger partial charge in [0.05, 0.1) is 0 Å². The van der Waals surface area contributed by atoms with Crippen molar-refractivity contribution < 1.29 is 28.6 Å². The minimum atomic E-state index is -0.788. The SMILES string of the molecule is CC/C=C\C/C=C\C/C=C\C/C=C\CCCCCC(=O)OCC(COC(=O)CCCCCCCCCCCCCCCCCCCCC)OC(=O)CCCCCCCCC/C=C\CCCCCCCC. The van der Waals surface area contributed by atoms with Crippen molar-refractivity contribution in [2.75, 3.05) is 13.2 Å². The predicted molar refractivity (Wildman–Crippen MR) is 302 cm³/mol. The van der Waals surface area contributed by atoms with E-state index in [1.807, 2.05) is 0 Å². The Bertz CT molecular complexity index is 1260. The molecule has 6 nitrogen and oxygen atoms in total. The van der Waals surface area contributed by atoms with E-state index >= 15 is 0 Å². The number of carbonyl (C=O) groups is 3. The smallest absolute Gasteiger partial charge is 0.306 e. The third kappa shape index (κ3) is 56.0. The molecule has 0 fully saturated rings. The van der Waals surface area contributed by atoms with Crippen LogP contribution in [0.15, 0.2) is 60.8 Å². The van der Waals surface area contributed by atoms with Gasteiger partial charge in [0.1, 0.15) is 13.2 Å². The van der Waals surface area contributed by atoms with Crippen molar-refractivity contribution in [3.05, 3.63) is 60.8 Å². The zero-order valence-corrected chi connectivity index (χ0v) is 46.5. The fraction of sp³-hybridized carbons (Fsp3) is 0.797. The van der Waals surface area contributed by atoms with Crippen LogP contribution >= 0.6 is 0 Å². The van der Waals surface area contributed by atoms with Crippen LogP contribution in [0.5, 0.6) is 0 Å². The molecule has 0 saturated heterocycles. The van der Waals surface area contributed by atoms with Crippen molar-refractivity contribution in [2.24, 2.45) is 0 Å². The van der Waals surface area contributed by atoms with Gasteiger partial charge in [-0.3, -0.25) is 14.4 Å². The molecule has 6 heteroatoms. The highest BCUT2D eigenvalue weighted by Gasteiger charge is 2.19. The van der Waals surface area contributed by atoms with E-state index in [4.69, 9.17) is 14.2 Å². The first-order valence-electron chi connectivity index (χ1n) is 30.3. The quantitative estimate of drug-likeness (QED) is 0.0261. The molecule has 0 aromatic carbocycles. The molecule has 0 bridgehead atoms. The molecule has 406 valence electrons. The maximum absolute atomic E-state index is 12.9. The fourth-order valence-corrected chi connectivity index (χ4v) is 8.72. The Morgan fingerprint density at radius 1 is 0.300 bits per heavy atom. The van der Waals surface area contributed by atoms with Crippen LogP contribution in [0.25, 0.3) is 0 Å². The summed E-state index contributed by atoms with van der Waals surface area (Å²) in [5.41, 5.74) is 0. The molecule has 0 spiro atoms. The Morgan fingerprint density at radius 3 is 0.900 bits per heavy atom. The first kappa shape index (κ1) is 67.1. The topological polar surface area (TPSA) is 78.9 Å². The van der Waals surface area contributed by atoms with E-state index in [1.54, 1.807) is 0 Å². The van der Waals surface area contributed by atoms with Gasteiger partial charge in [0.2, 0.25) is 0 Å². The molecule has 0 aliphatic heterocycles. The summed E-state index contributed by atoms with van der Waals surface area (Å²) in [5.74, 6) is -0.905. The molecular weight excluding hydrogens is 865 g/mol. The fourth-order valence-electron chi connectivity index (χ4n) is 8.72. The molecule has 0 aromatic heterocycles. The van der Waals surface area contributed by atoms with Crippen LogP contribution in [0.1, 0.15) is 310 Å². The highest BCUT2D eigenvalue weighted by atomic mass is 16.6. The van der Waals surface area contributed by atoms with Crippen LogP contribution < -0.4 is 0 Å². The lowest BCUT2D eigenvalue weighted by atomic mass is 10.0. The molecule has 1 atom stereocenters. The van der Waals surface area contributed by atoms with Gasteiger partial charge in [-0.05, 0) is 83.5 Å². The lowest BCUT2D eigenvalue weighted by Crippen LogP contribution is -2.30. The van der Waals surface area contributed by atoms with E-state index in [-0.39, 0.29) is 31.1 Å². The zero-order chi connectivity index (χ0) is 50.7. The number of unbranched alkanes of at least 4 members (excludes halogenated alkanes) is 34. The number of carbonyl (C=O) groups excluding carboxylic acids is 3. The number of allylic oxidation sites excluding steroid dienone is 10. The molecule has 0 radical (unpaired) electrons. The van der Waals surface area contributed by atoms with Crippen LogP contribution in [-0.2, 0) is 28.6 Å². The van der Waals surface area contributed by atoms with Crippen molar-refractivity contribution >= 4 is 17.9 Å². The summed E-state index contributed by atoms with van der Waals surface area (Å²) in [5, 5.41) is 0. The number of hydrogen-bond acceptors (Lipinski definition) is 6. The predicted octanol–water partition coefficient (Wildman–Crippen LogP) is 20.4. The standard InChI is InChI=1S/C64H114O6/c1-4-7-10-13-16-19-22-25-28-31-32-34-36-39-42-45-48-51-54-57-63(66)69-60-61(59-68-62(65)56-53-50-47-44-41-38-35-30-27-24-21-18-15-12-9-6-3)70-64(67)58-55-52-49-46-43-40-37-33-29-26-23-20-17-14-11-8-5-2/h9,12,18,21,26-27,29-30,38,41,61H,4-8,10-11,13-17,19-20,22-25,28,31-37,39-40,42-60H2,1-3H3/b12-9-,21-18-,29-26-,30-27-,41-38-. The molecule has 0 rings (SSSR count). The normalized spacial score (nSPS) is 12.4. The van der Waals surface area contributed by atoms with Gasteiger partial charge in [0.25, 0.3) is 0 Å². The minimum absolute atomic E-state index is 0.0833. The van der Waals surface area contributed by atoms with E-state index in [0.717, 1.165) is 89.9 Å². The number of esters is 3. The molecule has 0 amide bonds. The number of hydrogen-bond donors (Lipinski definition) is 0. The van der Waals surface area contributed by atoms with Gasteiger partial charge < -0.3 is 14.2 Å². The van der Waals surface area contributed by atoms with Gasteiger partial charge in [-0.25, -0.2) is 0 Å². The third-order valence-electron chi connectivity index (χ3n) is 13.3. The summed E-state index contributed by atoms with van der Waals surface area (Å²) in [6, 6.07) is 0. The van der Waals surface area contributed by atoms with Gasteiger partial charge in [0, 0.05) is 19.3 Å². The summed E-state index contributed by atoms with van der Waals surface area (Å²) in [6.45, 7) is 6.53. The second kappa shape index (κ2) is 58.7. The van der Waals surface area contributed by atoms with Crippen molar-refractivity contribution in [3.63, 3.8) is 0 Å². The molecular formula is C64H114O6. The second-order valence-corrected chi connectivity index (χ2v) is 20.2. The molecule has 1 unspecified atom stereocenters. The van der Waals surface area contributed by atoms with Crippen LogP contribution in [0.4, 0.5) is 0 Å². The van der Waals surface area contributed by atoms with Crippen molar-refractivity contribution in [3.8, 4) is 0 Å². The molecule has 0 N–H and O–H groups in total. The number of ether oxygens (including phenoxy) is 3. The van der Waals surface area contributed by atoms with Gasteiger partial charge in [-0.2, -0.15) is 0 Å². The van der Waals surface area contributed by atoms with Gasteiger partial charge in [-0.1, -0.05) is 268 Å². The highest BCUT2D eigenvalue weighted by molar-refractivity contribution is 5.71. The van der Waals surface area contributed by atoms with E-state index in [9.17, 15) is 14.4 Å². The van der Waals surface area contributed by atoms with E-state index in [1.165, 1.54) is 180 Å². The van der Waals surface area contributed by atoms with Gasteiger partial charge in [-0.15, -0.1) is 0 Å². The minimum Gasteiger partial charge on any atom is -0.462 e. The number of rotatable bonds is 55.